The average molecular weight is 593 g/mol. The highest BCUT2D eigenvalue weighted by Crippen LogP contribution is 2.32. The molecule has 0 saturated heterocycles. The summed E-state index contributed by atoms with van der Waals surface area (Å²) in [6.07, 6.45) is 1.26. The van der Waals surface area contributed by atoms with Gasteiger partial charge in [0.25, 0.3) is 21.6 Å². The van der Waals surface area contributed by atoms with E-state index in [1.165, 1.54) is 50.8 Å². The molecule has 0 aliphatic rings. The minimum absolute atomic E-state index is 0.0437. The van der Waals surface area contributed by atoms with Crippen molar-refractivity contribution in [2.45, 2.75) is 18.7 Å². The first-order valence-corrected chi connectivity index (χ1v) is 14.0. The lowest BCUT2D eigenvalue weighted by molar-refractivity contribution is -0.384. The number of anilines is 1. The van der Waals surface area contributed by atoms with Crippen LogP contribution in [0.4, 0.5) is 11.4 Å². The van der Waals surface area contributed by atoms with Gasteiger partial charge >= 0.3 is 0 Å². The van der Waals surface area contributed by atoms with Crippen molar-refractivity contribution >= 4 is 33.5 Å². The van der Waals surface area contributed by atoms with Crippen molar-refractivity contribution in [3.63, 3.8) is 0 Å². The highest BCUT2D eigenvalue weighted by molar-refractivity contribution is 7.92. The predicted molar refractivity (Wildman–Crippen MR) is 157 cm³/mol. The molecule has 4 aromatic rings. The molecule has 0 unspecified atom stereocenters. The number of rotatable bonds is 11. The number of hydrogen-bond donors (Lipinski definition) is 1. The van der Waals surface area contributed by atoms with Crippen molar-refractivity contribution < 1.29 is 32.0 Å². The summed E-state index contributed by atoms with van der Waals surface area (Å²) in [4.78, 5) is 23.2. The molecule has 13 heteroatoms. The quantitative estimate of drug-likeness (QED) is 0.148. The Morgan fingerprint density at radius 1 is 0.976 bits per heavy atom. The predicted octanol–water partition coefficient (Wildman–Crippen LogP) is 4.83. The standard InChI is InChI=1S/C29H28N4O8S/c1-19-13-20(2)15-23(14-19)32(42(37,38)25-10-12-27(39-3)28(16-25)40-4)18-29(34)31-30-17-24-9-11-26(41-24)21-5-7-22(8-6-21)33(35)36/h5-17H,18H2,1-4H3,(H,31,34)/b30-17-. The van der Waals surface area contributed by atoms with Crippen molar-refractivity contribution in [3.05, 3.63) is 99.8 Å². The van der Waals surface area contributed by atoms with Crippen molar-refractivity contribution in [1.29, 1.82) is 0 Å². The third-order valence-electron chi connectivity index (χ3n) is 6.10. The molecular weight excluding hydrogens is 564 g/mol. The molecule has 0 aliphatic heterocycles. The molecule has 218 valence electrons. The number of furan rings is 1. The normalized spacial score (nSPS) is 11.3. The Hall–Kier alpha value is -5.17. The number of nitrogens with zero attached hydrogens (tertiary/aromatic N) is 3. The number of carbonyl (C=O) groups is 1. The lowest BCUT2D eigenvalue weighted by atomic mass is 10.1. The van der Waals surface area contributed by atoms with E-state index in [-0.39, 0.29) is 16.3 Å². The van der Waals surface area contributed by atoms with E-state index in [0.717, 1.165) is 15.4 Å². The van der Waals surface area contributed by atoms with Crippen molar-refractivity contribution in [2.24, 2.45) is 5.10 Å². The van der Waals surface area contributed by atoms with Crippen molar-refractivity contribution in [1.82, 2.24) is 5.43 Å². The van der Waals surface area contributed by atoms with Crippen LogP contribution < -0.4 is 19.2 Å². The minimum Gasteiger partial charge on any atom is -0.493 e. The van der Waals surface area contributed by atoms with Crippen LogP contribution in [0.2, 0.25) is 0 Å². The Bertz CT molecular complexity index is 1730. The molecule has 1 amide bonds. The van der Waals surface area contributed by atoms with E-state index in [0.29, 0.717) is 28.5 Å². The lowest BCUT2D eigenvalue weighted by Crippen LogP contribution is -2.39. The van der Waals surface area contributed by atoms with Crippen LogP contribution in [0.25, 0.3) is 11.3 Å². The lowest BCUT2D eigenvalue weighted by Gasteiger charge is -2.25. The largest absolute Gasteiger partial charge is 0.493 e. The van der Waals surface area contributed by atoms with Gasteiger partial charge in [-0.25, -0.2) is 13.8 Å². The molecule has 0 spiro atoms. The van der Waals surface area contributed by atoms with Crippen LogP contribution in [-0.4, -0.2) is 46.2 Å². The fourth-order valence-corrected chi connectivity index (χ4v) is 5.59. The van der Waals surface area contributed by atoms with Gasteiger partial charge in [-0.3, -0.25) is 19.2 Å². The van der Waals surface area contributed by atoms with Crippen LogP contribution in [0.3, 0.4) is 0 Å². The number of amides is 1. The van der Waals surface area contributed by atoms with Gasteiger partial charge in [0, 0.05) is 23.8 Å². The fourth-order valence-electron chi connectivity index (χ4n) is 4.17. The van der Waals surface area contributed by atoms with E-state index in [2.05, 4.69) is 10.5 Å². The second-order valence-corrected chi connectivity index (χ2v) is 11.0. The number of aryl methyl sites for hydroxylation is 2. The van der Waals surface area contributed by atoms with Crippen molar-refractivity contribution in [3.8, 4) is 22.8 Å². The zero-order chi connectivity index (χ0) is 30.4. The fraction of sp³-hybridized carbons (Fsp3) is 0.172. The molecule has 0 fully saturated rings. The molecule has 0 bridgehead atoms. The van der Waals surface area contributed by atoms with Crippen LogP contribution in [0, 0.1) is 24.0 Å². The maximum absolute atomic E-state index is 13.8. The average Bonchev–Trinajstić information content (AvgIpc) is 3.43. The van der Waals surface area contributed by atoms with Crippen LogP contribution in [0.1, 0.15) is 16.9 Å². The van der Waals surface area contributed by atoms with E-state index in [9.17, 15) is 23.3 Å². The van der Waals surface area contributed by atoms with Gasteiger partial charge in [-0.05, 0) is 73.5 Å². The topological polar surface area (TPSA) is 154 Å². The second kappa shape index (κ2) is 12.6. The SMILES string of the molecule is COc1ccc(S(=O)(=O)N(CC(=O)N/N=C\c2ccc(-c3ccc([N+](=O)[O-])cc3)o2)c2cc(C)cc(C)c2)cc1OC. The number of benzene rings is 3. The molecule has 42 heavy (non-hydrogen) atoms. The highest BCUT2D eigenvalue weighted by Gasteiger charge is 2.28. The smallest absolute Gasteiger partial charge is 0.269 e. The zero-order valence-electron chi connectivity index (χ0n) is 23.2. The van der Waals surface area contributed by atoms with Gasteiger partial charge in [0.2, 0.25) is 0 Å². The molecule has 0 atom stereocenters. The Labute approximate surface area is 242 Å². The first-order valence-electron chi connectivity index (χ1n) is 12.5. The molecule has 4 rings (SSSR count). The molecule has 3 aromatic carbocycles. The summed E-state index contributed by atoms with van der Waals surface area (Å²) >= 11 is 0. The Morgan fingerprint density at radius 3 is 2.26 bits per heavy atom. The van der Waals surface area contributed by atoms with Crippen LogP contribution in [0.5, 0.6) is 11.5 Å². The van der Waals surface area contributed by atoms with Gasteiger partial charge < -0.3 is 13.9 Å². The molecule has 0 saturated carbocycles. The number of nitro groups is 1. The number of methoxy groups -OCH3 is 2. The second-order valence-electron chi connectivity index (χ2n) is 9.17. The maximum atomic E-state index is 13.8. The molecule has 1 N–H and O–H groups in total. The van der Waals surface area contributed by atoms with Gasteiger partial charge in [0.15, 0.2) is 11.5 Å². The number of carbonyl (C=O) groups excluding carboxylic acids is 1. The first-order chi connectivity index (χ1) is 20.0. The van der Waals surface area contributed by atoms with Gasteiger partial charge in [0.05, 0.1) is 35.9 Å². The summed E-state index contributed by atoms with van der Waals surface area (Å²) in [5.74, 6) is 0.625. The summed E-state index contributed by atoms with van der Waals surface area (Å²) in [7, 11) is -1.39. The highest BCUT2D eigenvalue weighted by atomic mass is 32.2. The number of hydrogen-bond acceptors (Lipinski definition) is 9. The van der Waals surface area contributed by atoms with Gasteiger partial charge in [-0.1, -0.05) is 6.07 Å². The van der Waals surface area contributed by atoms with Crippen molar-refractivity contribution in [2.75, 3.05) is 25.1 Å². The van der Waals surface area contributed by atoms with Crippen LogP contribution in [0.15, 0.2) is 87.2 Å². The zero-order valence-corrected chi connectivity index (χ0v) is 24.0. The number of nitrogens with one attached hydrogen (secondary N) is 1. The molecule has 1 heterocycles. The molecule has 0 radical (unpaired) electrons. The van der Waals surface area contributed by atoms with E-state index >= 15 is 0 Å². The number of hydrazone groups is 1. The third-order valence-corrected chi connectivity index (χ3v) is 7.86. The summed E-state index contributed by atoms with van der Waals surface area (Å²) in [6, 6.07) is 18.5. The Morgan fingerprint density at radius 2 is 1.64 bits per heavy atom. The summed E-state index contributed by atoms with van der Waals surface area (Å²) in [5.41, 5.74) is 4.85. The summed E-state index contributed by atoms with van der Waals surface area (Å²) in [5, 5.41) is 14.8. The molecule has 1 aromatic heterocycles. The van der Waals surface area contributed by atoms with E-state index in [1.54, 1.807) is 36.4 Å². The minimum atomic E-state index is -4.23. The molecular formula is C29H28N4O8S. The molecule has 0 aliphatic carbocycles. The van der Waals surface area contributed by atoms with E-state index in [1.807, 2.05) is 19.9 Å². The number of nitro benzene ring substituents is 1. The maximum Gasteiger partial charge on any atom is 0.269 e. The van der Waals surface area contributed by atoms with Crippen LogP contribution in [-0.2, 0) is 14.8 Å². The van der Waals surface area contributed by atoms with E-state index in [4.69, 9.17) is 13.9 Å². The number of non-ortho nitro benzene ring substituents is 1. The number of ether oxygens (including phenoxy) is 2. The van der Waals surface area contributed by atoms with Gasteiger partial charge in [-0.15, -0.1) is 0 Å². The summed E-state index contributed by atoms with van der Waals surface area (Å²) < 4.78 is 44.8. The molecule has 12 nitrogen and oxygen atoms in total. The monoisotopic (exact) mass is 592 g/mol. The Balaban J connectivity index is 1.54. The first kappa shape index (κ1) is 29.8. The summed E-state index contributed by atoms with van der Waals surface area (Å²) in [6.45, 7) is 3.09. The Kier molecular flexibility index (Phi) is 8.91. The van der Waals surface area contributed by atoms with Gasteiger partial charge in [-0.2, -0.15) is 5.10 Å². The van der Waals surface area contributed by atoms with Gasteiger partial charge in [0.1, 0.15) is 18.1 Å². The number of sulfonamides is 1. The third kappa shape index (κ3) is 6.75. The van der Waals surface area contributed by atoms with Crippen LogP contribution >= 0.6 is 0 Å². The van der Waals surface area contributed by atoms with E-state index < -0.39 is 27.4 Å².